The summed E-state index contributed by atoms with van der Waals surface area (Å²) in [6.45, 7) is 0.633. The van der Waals surface area contributed by atoms with E-state index >= 15 is 0 Å². The van der Waals surface area contributed by atoms with E-state index in [1.54, 1.807) is 18.2 Å². The van der Waals surface area contributed by atoms with Crippen LogP contribution >= 0.6 is 22.6 Å². The number of nitrogens with one attached hydrogen (secondary N) is 1. The Kier molecular flexibility index (Phi) is 4.86. The predicted molar refractivity (Wildman–Crippen MR) is 62.0 cm³/mol. The van der Waals surface area contributed by atoms with Gasteiger partial charge in [-0.25, -0.2) is 4.39 Å². The van der Waals surface area contributed by atoms with E-state index in [4.69, 9.17) is 0 Å². The average Bonchev–Trinajstić information content (AvgIpc) is 2.18. The number of halogens is 2. The molecule has 0 aliphatic carbocycles. The predicted octanol–water partition coefficient (Wildman–Crippen LogP) is 1.92. The zero-order valence-corrected chi connectivity index (χ0v) is 9.75. The largest absolute Gasteiger partial charge is 0.355 e. The third-order valence-corrected chi connectivity index (χ3v) is 2.26. The summed E-state index contributed by atoms with van der Waals surface area (Å²) in [4.78, 5) is 11.2. The van der Waals surface area contributed by atoms with E-state index in [1.165, 1.54) is 6.07 Å². The van der Waals surface area contributed by atoms with Crippen molar-refractivity contribution in [1.29, 1.82) is 0 Å². The lowest BCUT2D eigenvalue weighted by Gasteiger charge is -2.03. The van der Waals surface area contributed by atoms with Crippen LogP contribution in [0.4, 0.5) is 4.39 Å². The van der Waals surface area contributed by atoms with E-state index in [0.29, 0.717) is 12.1 Å². The Balaban J connectivity index is 2.52. The van der Waals surface area contributed by atoms with Crippen LogP contribution in [0.1, 0.15) is 5.56 Å². The van der Waals surface area contributed by atoms with Gasteiger partial charge >= 0.3 is 0 Å². The third-order valence-electron chi connectivity index (χ3n) is 1.73. The first kappa shape index (κ1) is 11.4. The van der Waals surface area contributed by atoms with Gasteiger partial charge in [0.05, 0.1) is 6.42 Å². The first-order valence-electron chi connectivity index (χ1n) is 4.30. The zero-order valence-electron chi connectivity index (χ0n) is 7.59. The summed E-state index contributed by atoms with van der Waals surface area (Å²) < 4.78 is 14.0. The van der Waals surface area contributed by atoms with Gasteiger partial charge in [0.2, 0.25) is 5.91 Å². The van der Waals surface area contributed by atoms with E-state index in [0.717, 1.165) is 4.43 Å². The molecule has 0 aromatic heterocycles. The summed E-state index contributed by atoms with van der Waals surface area (Å²) >= 11 is 2.17. The van der Waals surface area contributed by atoms with Crippen molar-refractivity contribution in [2.24, 2.45) is 0 Å². The topological polar surface area (TPSA) is 29.1 Å². The van der Waals surface area contributed by atoms with Crippen LogP contribution in [-0.4, -0.2) is 16.9 Å². The molecular formula is C10H11FINO. The number of rotatable bonds is 4. The van der Waals surface area contributed by atoms with Crippen LogP contribution in [0, 0.1) is 5.82 Å². The molecule has 4 heteroatoms. The molecule has 0 aliphatic rings. The summed E-state index contributed by atoms with van der Waals surface area (Å²) in [5.41, 5.74) is 0.443. The van der Waals surface area contributed by atoms with Gasteiger partial charge < -0.3 is 5.32 Å². The van der Waals surface area contributed by atoms with E-state index in [-0.39, 0.29) is 18.1 Å². The van der Waals surface area contributed by atoms with Gasteiger partial charge in [-0.3, -0.25) is 4.79 Å². The van der Waals surface area contributed by atoms with Gasteiger partial charge in [-0.1, -0.05) is 40.8 Å². The van der Waals surface area contributed by atoms with E-state index in [9.17, 15) is 9.18 Å². The molecule has 0 radical (unpaired) electrons. The summed E-state index contributed by atoms with van der Waals surface area (Å²) in [5, 5.41) is 2.69. The zero-order chi connectivity index (χ0) is 10.4. The fourth-order valence-corrected chi connectivity index (χ4v) is 1.33. The maximum atomic E-state index is 13.1. The van der Waals surface area contributed by atoms with E-state index < -0.39 is 0 Å². The van der Waals surface area contributed by atoms with Crippen molar-refractivity contribution < 1.29 is 9.18 Å². The van der Waals surface area contributed by atoms with Crippen molar-refractivity contribution in [2.75, 3.05) is 11.0 Å². The number of amides is 1. The normalized spacial score (nSPS) is 9.86. The van der Waals surface area contributed by atoms with Gasteiger partial charge in [0.1, 0.15) is 5.82 Å². The van der Waals surface area contributed by atoms with Crippen molar-refractivity contribution >= 4 is 28.5 Å². The van der Waals surface area contributed by atoms with Crippen molar-refractivity contribution in [3.8, 4) is 0 Å². The highest BCUT2D eigenvalue weighted by molar-refractivity contribution is 14.1. The highest BCUT2D eigenvalue weighted by Crippen LogP contribution is 2.06. The Morgan fingerprint density at radius 1 is 1.43 bits per heavy atom. The molecule has 0 atom stereocenters. The Bertz CT molecular complexity index is 317. The molecule has 0 fully saturated rings. The first-order valence-corrected chi connectivity index (χ1v) is 5.82. The number of hydrogen-bond donors (Lipinski definition) is 1. The van der Waals surface area contributed by atoms with Crippen LogP contribution in [0.5, 0.6) is 0 Å². The second-order valence-electron chi connectivity index (χ2n) is 2.81. The lowest BCUT2D eigenvalue weighted by Crippen LogP contribution is -2.27. The first-order chi connectivity index (χ1) is 6.74. The van der Waals surface area contributed by atoms with Crippen LogP contribution in [-0.2, 0) is 11.2 Å². The second-order valence-corrected chi connectivity index (χ2v) is 3.89. The van der Waals surface area contributed by atoms with Gasteiger partial charge in [0.15, 0.2) is 0 Å². The summed E-state index contributed by atoms with van der Waals surface area (Å²) in [6.07, 6.45) is 0.114. The lowest BCUT2D eigenvalue weighted by molar-refractivity contribution is -0.120. The number of benzene rings is 1. The summed E-state index contributed by atoms with van der Waals surface area (Å²) in [7, 11) is 0. The molecule has 0 unspecified atom stereocenters. The average molecular weight is 307 g/mol. The van der Waals surface area contributed by atoms with Crippen LogP contribution < -0.4 is 5.32 Å². The fourth-order valence-electron chi connectivity index (χ4n) is 1.06. The van der Waals surface area contributed by atoms with Crippen LogP contribution in [0.2, 0.25) is 0 Å². The van der Waals surface area contributed by atoms with Crippen molar-refractivity contribution in [2.45, 2.75) is 6.42 Å². The minimum absolute atomic E-state index is 0.114. The Morgan fingerprint density at radius 2 is 2.14 bits per heavy atom. The molecular weight excluding hydrogens is 296 g/mol. The number of alkyl halides is 1. The third kappa shape index (κ3) is 3.61. The standard InChI is InChI=1S/C10H11FINO/c11-9-4-2-1-3-8(9)7-10(14)13-6-5-12/h1-4H,5-7H2,(H,13,14). The molecule has 1 aromatic rings. The molecule has 1 N–H and O–H groups in total. The van der Waals surface area contributed by atoms with Crippen LogP contribution in [0.25, 0.3) is 0 Å². The molecule has 0 heterocycles. The van der Waals surface area contributed by atoms with Crippen molar-refractivity contribution in [3.05, 3.63) is 35.6 Å². The van der Waals surface area contributed by atoms with Gasteiger partial charge in [0, 0.05) is 11.0 Å². The van der Waals surface area contributed by atoms with E-state index in [2.05, 4.69) is 27.9 Å². The summed E-state index contributed by atoms with van der Waals surface area (Å²) in [6, 6.07) is 6.32. The molecule has 0 saturated carbocycles. The Labute approximate surface area is 96.0 Å². The minimum Gasteiger partial charge on any atom is -0.355 e. The molecule has 0 saturated heterocycles. The van der Waals surface area contributed by atoms with Gasteiger partial charge in [-0.05, 0) is 11.6 Å². The monoisotopic (exact) mass is 307 g/mol. The summed E-state index contributed by atoms with van der Waals surface area (Å²) in [5.74, 6) is -0.455. The smallest absolute Gasteiger partial charge is 0.224 e. The number of carbonyl (C=O) groups excluding carboxylic acids is 1. The molecule has 14 heavy (non-hydrogen) atoms. The fraction of sp³-hybridized carbons (Fsp3) is 0.300. The molecule has 1 rings (SSSR count). The number of carbonyl (C=O) groups is 1. The molecule has 76 valence electrons. The highest BCUT2D eigenvalue weighted by atomic mass is 127. The quantitative estimate of drug-likeness (QED) is 0.668. The Morgan fingerprint density at radius 3 is 2.79 bits per heavy atom. The molecule has 0 bridgehead atoms. The van der Waals surface area contributed by atoms with Gasteiger partial charge in [-0.2, -0.15) is 0 Å². The van der Waals surface area contributed by atoms with Gasteiger partial charge in [-0.15, -0.1) is 0 Å². The lowest BCUT2D eigenvalue weighted by atomic mass is 10.1. The minimum atomic E-state index is -0.322. The maximum absolute atomic E-state index is 13.1. The molecule has 1 aromatic carbocycles. The second kappa shape index (κ2) is 5.95. The Hall–Kier alpha value is -0.650. The maximum Gasteiger partial charge on any atom is 0.224 e. The van der Waals surface area contributed by atoms with Crippen LogP contribution in [0.3, 0.4) is 0 Å². The highest BCUT2D eigenvalue weighted by Gasteiger charge is 2.05. The SMILES string of the molecule is O=C(Cc1ccccc1F)NCCI. The molecule has 1 amide bonds. The molecule has 0 aliphatic heterocycles. The van der Waals surface area contributed by atoms with E-state index in [1.807, 2.05) is 0 Å². The van der Waals surface area contributed by atoms with Crippen LogP contribution in [0.15, 0.2) is 24.3 Å². The molecule has 2 nitrogen and oxygen atoms in total. The molecule has 0 spiro atoms. The van der Waals surface area contributed by atoms with Crippen molar-refractivity contribution in [1.82, 2.24) is 5.32 Å². The van der Waals surface area contributed by atoms with Gasteiger partial charge in [0.25, 0.3) is 0 Å². The number of hydrogen-bond acceptors (Lipinski definition) is 1. The van der Waals surface area contributed by atoms with Crippen molar-refractivity contribution in [3.63, 3.8) is 0 Å².